The van der Waals surface area contributed by atoms with Crippen LogP contribution in [0.2, 0.25) is 0 Å². The minimum atomic E-state index is -1.02. The molecule has 6 amide bonds. The fraction of sp³-hybridized carbons (Fsp3) is 0.400. The Morgan fingerprint density at radius 1 is 0.667 bits per heavy atom. The number of amides is 6. The number of hydroxylamine groups is 4. The SMILES string of the molecule is O=C(CCN(C(=O)/C=C/Br)N(CCC(=O)ON1C(=O)CCC1=O)C(=O)/C=C/Br)ON1C(=O)CCC1=O. The molecule has 0 spiro atoms. The summed E-state index contributed by atoms with van der Waals surface area (Å²) < 4.78 is 0. The third-order valence-electron chi connectivity index (χ3n) is 4.66. The van der Waals surface area contributed by atoms with Crippen molar-refractivity contribution in [3.63, 3.8) is 0 Å². The summed E-state index contributed by atoms with van der Waals surface area (Å²) in [6.07, 6.45) is 0.603. The highest BCUT2D eigenvalue weighted by molar-refractivity contribution is 9.11. The summed E-state index contributed by atoms with van der Waals surface area (Å²) in [6, 6.07) is 0. The average molecular weight is 636 g/mol. The summed E-state index contributed by atoms with van der Waals surface area (Å²) in [4.78, 5) is 108. The molecule has 0 atom stereocenters. The molecular weight excluding hydrogens is 616 g/mol. The zero-order valence-corrected chi connectivity index (χ0v) is 21.8. The second-order valence-corrected chi connectivity index (χ2v) is 8.16. The summed E-state index contributed by atoms with van der Waals surface area (Å²) in [6.45, 7) is -0.878. The number of hydrogen-bond donors (Lipinski definition) is 0. The van der Waals surface area contributed by atoms with Crippen molar-refractivity contribution in [3.8, 4) is 0 Å². The predicted octanol–water partition coefficient (Wildman–Crippen LogP) is 0.370. The molecule has 2 fully saturated rings. The van der Waals surface area contributed by atoms with Crippen LogP contribution in [0, 0.1) is 0 Å². The van der Waals surface area contributed by atoms with Crippen LogP contribution in [0.25, 0.3) is 0 Å². The van der Waals surface area contributed by atoms with Gasteiger partial charge in [0.25, 0.3) is 35.4 Å². The number of carbonyl (C=O) groups excluding carboxylic acids is 8. The monoisotopic (exact) mass is 634 g/mol. The van der Waals surface area contributed by atoms with Crippen LogP contribution in [0.1, 0.15) is 38.5 Å². The standard InChI is InChI=1S/C20H20Br2N4O10/c21-9-5-13(27)23(11-7-19(33)35-25-15(29)1-2-16(25)30)24(14(28)6-10-22)12-8-20(34)36-26-17(31)3-4-18(26)32/h5-6,9-10H,1-4,7-8,11-12H2/b9-5+,10-6+. The van der Waals surface area contributed by atoms with E-state index in [1.807, 2.05) is 0 Å². The molecular formula is C20H20Br2N4O10. The number of halogens is 2. The molecule has 2 heterocycles. The Bertz CT molecular complexity index is 916. The highest BCUT2D eigenvalue weighted by Crippen LogP contribution is 2.15. The first kappa shape index (κ1) is 28.8. The number of carbonyl (C=O) groups is 8. The maximum atomic E-state index is 12.7. The summed E-state index contributed by atoms with van der Waals surface area (Å²) in [7, 11) is 0. The normalized spacial score (nSPS) is 15.8. The van der Waals surface area contributed by atoms with E-state index in [0.29, 0.717) is 10.1 Å². The van der Waals surface area contributed by atoms with Gasteiger partial charge >= 0.3 is 11.9 Å². The van der Waals surface area contributed by atoms with Crippen LogP contribution < -0.4 is 0 Å². The van der Waals surface area contributed by atoms with Crippen LogP contribution >= 0.6 is 31.9 Å². The van der Waals surface area contributed by atoms with Crippen molar-refractivity contribution >= 4 is 79.2 Å². The van der Waals surface area contributed by atoms with Gasteiger partial charge in [-0.3, -0.25) is 28.8 Å². The van der Waals surface area contributed by atoms with Gasteiger partial charge in [0.15, 0.2) is 0 Å². The summed E-state index contributed by atoms with van der Waals surface area (Å²) in [5.41, 5.74) is 0. The highest BCUT2D eigenvalue weighted by atomic mass is 79.9. The van der Waals surface area contributed by atoms with Crippen LogP contribution in [0.3, 0.4) is 0 Å². The lowest BCUT2D eigenvalue weighted by atomic mass is 10.3. The van der Waals surface area contributed by atoms with E-state index in [9.17, 15) is 38.4 Å². The summed E-state index contributed by atoms with van der Waals surface area (Å²) in [5.74, 6) is -6.33. The molecule has 0 aromatic rings. The van der Waals surface area contributed by atoms with E-state index in [2.05, 4.69) is 31.9 Å². The topological polar surface area (TPSA) is 168 Å². The molecule has 0 bridgehead atoms. The molecule has 36 heavy (non-hydrogen) atoms. The largest absolute Gasteiger partial charge is 0.335 e. The Labute approximate surface area is 220 Å². The van der Waals surface area contributed by atoms with Gasteiger partial charge < -0.3 is 9.68 Å². The first-order chi connectivity index (χ1) is 17.1. The molecule has 0 radical (unpaired) electrons. The van der Waals surface area contributed by atoms with Crippen molar-refractivity contribution in [3.05, 3.63) is 22.1 Å². The second kappa shape index (κ2) is 13.6. The Balaban J connectivity index is 2.11. The molecule has 2 saturated heterocycles. The van der Waals surface area contributed by atoms with E-state index in [4.69, 9.17) is 9.68 Å². The van der Waals surface area contributed by atoms with E-state index in [0.717, 1.165) is 22.2 Å². The zero-order chi connectivity index (χ0) is 26.8. The molecule has 0 aromatic heterocycles. The van der Waals surface area contributed by atoms with E-state index < -0.39 is 73.3 Å². The van der Waals surface area contributed by atoms with Gasteiger partial charge in [-0.2, -0.15) is 0 Å². The summed E-state index contributed by atoms with van der Waals surface area (Å²) in [5, 5.41) is 2.36. The Kier molecular flexibility index (Phi) is 10.9. The fourth-order valence-electron chi connectivity index (χ4n) is 2.98. The Hall–Kier alpha value is -3.40. The number of imide groups is 2. The van der Waals surface area contributed by atoms with Crippen molar-refractivity contribution in [2.45, 2.75) is 38.5 Å². The van der Waals surface area contributed by atoms with Gasteiger partial charge in [-0.1, -0.05) is 31.9 Å². The Morgan fingerprint density at radius 3 is 1.25 bits per heavy atom. The molecule has 194 valence electrons. The average Bonchev–Trinajstić information content (AvgIpc) is 3.31. The lowest BCUT2D eigenvalue weighted by Crippen LogP contribution is -2.50. The molecule has 0 unspecified atom stereocenters. The quantitative estimate of drug-likeness (QED) is 0.186. The number of hydrazine groups is 1. The van der Waals surface area contributed by atoms with E-state index >= 15 is 0 Å². The van der Waals surface area contributed by atoms with Crippen molar-refractivity contribution in [1.82, 2.24) is 20.1 Å². The van der Waals surface area contributed by atoms with Crippen LogP contribution in [0.15, 0.2) is 22.1 Å². The lowest BCUT2D eigenvalue weighted by Gasteiger charge is -2.33. The first-order valence-corrected chi connectivity index (χ1v) is 12.2. The lowest BCUT2D eigenvalue weighted by molar-refractivity contribution is -0.199. The second-order valence-electron chi connectivity index (χ2n) is 7.10. The molecule has 2 aliphatic heterocycles. The molecule has 0 aromatic carbocycles. The highest BCUT2D eigenvalue weighted by Gasteiger charge is 2.35. The van der Waals surface area contributed by atoms with Gasteiger partial charge in [0.05, 0.1) is 25.9 Å². The van der Waals surface area contributed by atoms with Gasteiger partial charge in [-0.05, 0) is 9.97 Å². The van der Waals surface area contributed by atoms with Crippen molar-refractivity contribution in [2.75, 3.05) is 13.1 Å². The van der Waals surface area contributed by atoms with E-state index in [1.165, 1.54) is 9.97 Å². The van der Waals surface area contributed by atoms with E-state index in [-0.39, 0.29) is 25.7 Å². The van der Waals surface area contributed by atoms with Gasteiger partial charge in [0.2, 0.25) is 0 Å². The third-order valence-corrected chi connectivity index (χ3v) is 5.19. The van der Waals surface area contributed by atoms with Gasteiger partial charge in [0.1, 0.15) is 0 Å². The minimum absolute atomic E-state index is 0.0986. The minimum Gasteiger partial charge on any atom is -0.330 e. The maximum absolute atomic E-state index is 12.7. The fourth-order valence-corrected chi connectivity index (χ4v) is 3.44. The first-order valence-electron chi connectivity index (χ1n) is 10.4. The Morgan fingerprint density at radius 2 is 0.972 bits per heavy atom. The zero-order valence-electron chi connectivity index (χ0n) is 18.6. The summed E-state index contributed by atoms with van der Waals surface area (Å²) >= 11 is 5.88. The van der Waals surface area contributed by atoms with Gasteiger partial charge in [-0.25, -0.2) is 19.6 Å². The molecule has 14 nitrogen and oxygen atoms in total. The number of hydrogen-bond acceptors (Lipinski definition) is 10. The third kappa shape index (κ3) is 7.81. The number of nitrogens with zero attached hydrogens (tertiary/aromatic N) is 4. The van der Waals surface area contributed by atoms with Crippen molar-refractivity contribution in [2.24, 2.45) is 0 Å². The molecule has 0 saturated carbocycles. The molecule has 2 aliphatic rings. The van der Waals surface area contributed by atoms with Gasteiger partial charge in [-0.15, -0.1) is 10.1 Å². The molecule has 0 aliphatic carbocycles. The molecule has 0 N–H and O–H groups in total. The van der Waals surface area contributed by atoms with Crippen LogP contribution in [-0.4, -0.2) is 80.6 Å². The smallest absolute Gasteiger partial charge is 0.330 e. The van der Waals surface area contributed by atoms with Crippen molar-refractivity contribution in [1.29, 1.82) is 0 Å². The number of rotatable bonds is 10. The van der Waals surface area contributed by atoms with Gasteiger partial charge in [0, 0.05) is 37.8 Å². The maximum Gasteiger partial charge on any atom is 0.335 e. The van der Waals surface area contributed by atoms with Crippen LogP contribution in [0.4, 0.5) is 0 Å². The van der Waals surface area contributed by atoms with Crippen LogP contribution in [-0.2, 0) is 48.0 Å². The molecule has 2 rings (SSSR count). The van der Waals surface area contributed by atoms with Crippen molar-refractivity contribution < 1.29 is 48.0 Å². The molecule has 16 heteroatoms. The van der Waals surface area contributed by atoms with Crippen LogP contribution in [0.5, 0.6) is 0 Å². The predicted molar refractivity (Wildman–Crippen MR) is 123 cm³/mol. The van der Waals surface area contributed by atoms with E-state index in [1.54, 1.807) is 0 Å².